The van der Waals surface area contributed by atoms with Crippen LogP contribution in [0.5, 0.6) is 23.0 Å². The van der Waals surface area contributed by atoms with Crippen LogP contribution in [0.2, 0.25) is 0 Å². The zero-order valence-electron chi connectivity index (χ0n) is 20.5. The number of ether oxygens (including phenoxy) is 2. The van der Waals surface area contributed by atoms with Crippen LogP contribution >= 0.6 is 0 Å². The fraction of sp³-hybridized carbons (Fsp3) is 0.517. The summed E-state index contributed by atoms with van der Waals surface area (Å²) in [5, 5.41) is 42.2. The number of phenols is 3. The van der Waals surface area contributed by atoms with E-state index in [0.717, 1.165) is 56.1 Å². The van der Waals surface area contributed by atoms with Gasteiger partial charge in [0.25, 0.3) is 0 Å². The first-order valence-electron chi connectivity index (χ1n) is 12.9. The van der Waals surface area contributed by atoms with E-state index < -0.39 is 12.2 Å². The highest BCUT2D eigenvalue weighted by atomic mass is 16.5. The Morgan fingerprint density at radius 3 is 2.66 bits per heavy atom. The van der Waals surface area contributed by atoms with Crippen LogP contribution < -0.4 is 4.74 Å². The van der Waals surface area contributed by atoms with E-state index in [-0.39, 0.29) is 35.2 Å². The molecule has 188 valence electrons. The predicted molar refractivity (Wildman–Crippen MR) is 134 cm³/mol. The van der Waals surface area contributed by atoms with Crippen LogP contribution in [0.15, 0.2) is 30.3 Å². The second-order valence-electron chi connectivity index (χ2n) is 10.3. The second-order valence-corrected chi connectivity index (χ2v) is 10.3. The lowest BCUT2D eigenvalue weighted by Gasteiger charge is -2.49. The molecule has 0 radical (unpaired) electrons. The molecule has 0 aromatic heterocycles. The SMILES string of the molecule is CCCCCc1cc(C2CCC3C(C2)OC2c4cc(O)c(O)c(OC)c4C=CC2C3O)ccc1O. The standard InChI is InChI=1S/C29H36O6/c1-3-4-5-6-18-13-16(8-12-23(18)30)17-7-9-20-25(14-17)35-28-21(26(20)32)11-10-19-22(28)15-24(31)27(33)29(19)34-2/h8,10-13,15,17,20-21,25-26,28,30-33H,3-7,9,14H2,1-2H3. The predicted octanol–water partition coefficient (Wildman–Crippen LogP) is 5.57. The number of fused-ring (bicyclic) bond motifs is 4. The normalized spacial score (nSPS) is 29.2. The van der Waals surface area contributed by atoms with E-state index in [1.165, 1.54) is 18.7 Å². The molecule has 0 bridgehead atoms. The molecule has 2 fully saturated rings. The number of aryl methyl sites for hydroxylation is 1. The van der Waals surface area contributed by atoms with E-state index in [1.54, 1.807) is 0 Å². The molecule has 0 amide bonds. The van der Waals surface area contributed by atoms with Crippen molar-refractivity contribution >= 4 is 6.08 Å². The minimum Gasteiger partial charge on any atom is -0.508 e. The zero-order valence-corrected chi connectivity index (χ0v) is 20.5. The molecule has 1 heterocycles. The summed E-state index contributed by atoms with van der Waals surface area (Å²) in [5.74, 6) is 0.177. The number of unbranched alkanes of at least 4 members (excludes halogenated alkanes) is 2. The van der Waals surface area contributed by atoms with Gasteiger partial charge in [-0.05, 0) is 66.8 Å². The monoisotopic (exact) mass is 480 g/mol. The van der Waals surface area contributed by atoms with Gasteiger partial charge in [0.1, 0.15) is 5.75 Å². The molecular weight excluding hydrogens is 444 g/mol. The van der Waals surface area contributed by atoms with Crippen molar-refractivity contribution in [2.45, 2.75) is 76.1 Å². The lowest BCUT2D eigenvalue weighted by molar-refractivity contribution is -0.177. The van der Waals surface area contributed by atoms with Gasteiger partial charge in [-0.25, -0.2) is 0 Å². The Morgan fingerprint density at radius 1 is 1.06 bits per heavy atom. The van der Waals surface area contributed by atoms with Gasteiger partial charge in [-0.15, -0.1) is 0 Å². The first-order chi connectivity index (χ1) is 16.9. The summed E-state index contributed by atoms with van der Waals surface area (Å²) in [6.45, 7) is 2.18. The van der Waals surface area contributed by atoms with Crippen LogP contribution in [0, 0.1) is 11.8 Å². The van der Waals surface area contributed by atoms with Gasteiger partial charge in [0, 0.05) is 17.4 Å². The number of rotatable bonds is 6. The summed E-state index contributed by atoms with van der Waals surface area (Å²) in [6, 6.07) is 7.53. The maximum atomic E-state index is 11.3. The Kier molecular flexibility index (Phi) is 6.69. The Hall–Kier alpha value is -2.70. The Labute approximate surface area is 206 Å². The van der Waals surface area contributed by atoms with Crippen LogP contribution in [0.25, 0.3) is 6.08 Å². The number of benzene rings is 2. The topological polar surface area (TPSA) is 99.4 Å². The fourth-order valence-electron chi connectivity index (χ4n) is 6.36. The number of aliphatic hydroxyl groups excluding tert-OH is 1. The first kappa shape index (κ1) is 24.0. The van der Waals surface area contributed by atoms with E-state index >= 15 is 0 Å². The minimum absolute atomic E-state index is 0.0486. The van der Waals surface area contributed by atoms with E-state index in [2.05, 4.69) is 13.0 Å². The second kappa shape index (κ2) is 9.75. The molecule has 2 aliphatic carbocycles. The quantitative estimate of drug-likeness (QED) is 0.319. The molecule has 6 atom stereocenters. The van der Waals surface area contributed by atoms with Gasteiger partial charge in [-0.3, -0.25) is 0 Å². The maximum Gasteiger partial charge on any atom is 0.201 e. The molecular formula is C29H36O6. The van der Waals surface area contributed by atoms with Crippen LogP contribution in [-0.2, 0) is 11.2 Å². The Morgan fingerprint density at radius 2 is 1.89 bits per heavy atom. The molecule has 6 nitrogen and oxygen atoms in total. The minimum atomic E-state index is -0.546. The molecule has 4 N–H and O–H groups in total. The molecule has 2 aromatic carbocycles. The Balaban J connectivity index is 1.39. The van der Waals surface area contributed by atoms with Crippen molar-refractivity contribution < 1.29 is 29.9 Å². The van der Waals surface area contributed by atoms with Gasteiger partial charge in [0.15, 0.2) is 11.5 Å². The summed E-state index contributed by atoms with van der Waals surface area (Å²) >= 11 is 0. The van der Waals surface area contributed by atoms with Crippen LogP contribution in [0.4, 0.5) is 0 Å². The van der Waals surface area contributed by atoms with Crippen LogP contribution in [0.3, 0.4) is 0 Å². The average Bonchev–Trinajstić information content (AvgIpc) is 2.86. The Bertz CT molecular complexity index is 1110. The molecule has 35 heavy (non-hydrogen) atoms. The smallest absolute Gasteiger partial charge is 0.201 e. The molecule has 6 unspecified atom stereocenters. The number of aromatic hydroxyl groups is 3. The van der Waals surface area contributed by atoms with Crippen molar-refractivity contribution in [2.75, 3.05) is 7.11 Å². The van der Waals surface area contributed by atoms with E-state index in [0.29, 0.717) is 17.2 Å². The number of methoxy groups -OCH3 is 1. The summed E-state index contributed by atoms with van der Waals surface area (Å²) in [4.78, 5) is 0. The highest BCUT2D eigenvalue weighted by Crippen LogP contribution is 2.54. The van der Waals surface area contributed by atoms with Crippen molar-refractivity contribution in [3.63, 3.8) is 0 Å². The van der Waals surface area contributed by atoms with Gasteiger partial charge >= 0.3 is 0 Å². The molecule has 2 aromatic rings. The lowest BCUT2D eigenvalue weighted by Crippen LogP contribution is -2.49. The fourth-order valence-corrected chi connectivity index (χ4v) is 6.36. The van der Waals surface area contributed by atoms with E-state index in [4.69, 9.17) is 9.47 Å². The van der Waals surface area contributed by atoms with E-state index in [9.17, 15) is 20.4 Å². The van der Waals surface area contributed by atoms with Crippen molar-refractivity contribution in [3.8, 4) is 23.0 Å². The molecule has 0 spiro atoms. The van der Waals surface area contributed by atoms with Gasteiger partial charge in [0.05, 0.1) is 25.4 Å². The highest BCUT2D eigenvalue weighted by Gasteiger charge is 2.48. The van der Waals surface area contributed by atoms with Crippen molar-refractivity contribution in [1.29, 1.82) is 0 Å². The van der Waals surface area contributed by atoms with E-state index in [1.807, 2.05) is 24.3 Å². The molecule has 1 aliphatic heterocycles. The number of hydrogen-bond donors (Lipinski definition) is 4. The van der Waals surface area contributed by atoms with Crippen molar-refractivity contribution in [1.82, 2.24) is 0 Å². The lowest BCUT2D eigenvalue weighted by atomic mass is 9.67. The zero-order chi connectivity index (χ0) is 24.7. The summed E-state index contributed by atoms with van der Waals surface area (Å²) < 4.78 is 12.0. The molecule has 6 heteroatoms. The largest absolute Gasteiger partial charge is 0.508 e. The third-order valence-corrected chi connectivity index (χ3v) is 8.27. The van der Waals surface area contributed by atoms with Crippen molar-refractivity contribution in [3.05, 3.63) is 52.6 Å². The third-order valence-electron chi connectivity index (χ3n) is 8.27. The summed E-state index contributed by atoms with van der Waals surface area (Å²) in [6.07, 6.45) is 9.60. The summed E-state index contributed by atoms with van der Waals surface area (Å²) in [7, 11) is 1.46. The molecule has 1 saturated carbocycles. The maximum absolute atomic E-state index is 11.3. The molecule has 3 aliphatic rings. The van der Waals surface area contributed by atoms with Crippen LogP contribution in [0.1, 0.15) is 79.7 Å². The van der Waals surface area contributed by atoms with Gasteiger partial charge in [-0.1, -0.05) is 44.1 Å². The number of aliphatic hydroxyl groups is 1. The van der Waals surface area contributed by atoms with Gasteiger partial charge in [-0.2, -0.15) is 0 Å². The molecule has 1 saturated heterocycles. The van der Waals surface area contributed by atoms with Gasteiger partial charge in [0.2, 0.25) is 5.75 Å². The highest BCUT2D eigenvalue weighted by molar-refractivity contribution is 5.71. The third kappa shape index (κ3) is 4.27. The van der Waals surface area contributed by atoms with Crippen LogP contribution in [-0.4, -0.2) is 39.7 Å². The summed E-state index contributed by atoms with van der Waals surface area (Å²) in [5.41, 5.74) is 3.64. The number of phenolic OH excluding ortho intramolecular Hbond substituents is 3. The number of hydrogen-bond acceptors (Lipinski definition) is 6. The molecule has 5 rings (SSSR count). The first-order valence-corrected chi connectivity index (χ1v) is 12.9. The van der Waals surface area contributed by atoms with Crippen molar-refractivity contribution in [2.24, 2.45) is 11.8 Å². The van der Waals surface area contributed by atoms with Gasteiger partial charge < -0.3 is 29.9 Å². The average molecular weight is 481 g/mol.